The highest BCUT2D eigenvalue weighted by molar-refractivity contribution is 5.30. The van der Waals surface area contributed by atoms with Gasteiger partial charge in [0.15, 0.2) is 0 Å². The zero-order valence-corrected chi connectivity index (χ0v) is 14.8. The molecule has 0 amide bonds. The van der Waals surface area contributed by atoms with Gasteiger partial charge in [0, 0.05) is 36.9 Å². The molecule has 0 aliphatic carbocycles. The van der Waals surface area contributed by atoms with Gasteiger partial charge in [0.25, 0.3) is 0 Å². The van der Waals surface area contributed by atoms with Crippen LogP contribution in [0.15, 0.2) is 54.7 Å². The third kappa shape index (κ3) is 6.17. The maximum Gasteiger partial charge on any atom is 0.0447 e. The summed E-state index contributed by atoms with van der Waals surface area (Å²) in [5, 5.41) is 0. The van der Waals surface area contributed by atoms with Crippen LogP contribution in [0.4, 0.5) is 0 Å². The Morgan fingerprint density at radius 1 is 1.23 bits per heavy atom. The Labute approximate surface area is 136 Å². The van der Waals surface area contributed by atoms with Crippen LogP contribution >= 0.6 is 0 Å². The van der Waals surface area contributed by atoms with Gasteiger partial charge >= 0.3 is 0 Å². The molecule has 3 nitrogen and oxygen atoms in total. The monoisotopic (exact) mass is 301 g/mol. The quantitative estimate of drug-likeness (QED) is 0.840. The summed E-state index contributed by atoms with van der Waals surface area (Å²) in [4.78, 5) is 6.49. The van der Waals surface area contributed by atoms with Crippen molar-refractivity contribution >= 4 is 0 Å². The summed E-state index contributed by atoms with van der Waals surface area (Å²) in [7, 11) is 0. The molecule has 1 aliphatic heterocycles. The van der Waals surface area contributed by atoms with Crippen LogP contribution in [-0.2, 0) is 13.0 Å². The van der Waals surface area contributed by atoms with Crippen LogP contribution in [0.1, 0.15) is 45.7 Å². The standard InChI is InChI=1S/C15H19N3.2C2H6/c1-3-15(5-4-12(2)16)18-9-7-13-6-8-17-10-14(13)11-18;2*1-2/h3-6,8,10H,1,7,9,11,16H2,2H3;2*1-2H3/b12-4+,15-5+;;. The summed E-state index contributed by atoms with van der Waals surface area (Å²) in [5.41, 5.74) is 10.3. The molecule has 1 aromatic heterocycles. The predicted molar refractivity (Wildman–Crippen MR) is 97.3 cm³/mol. The van der Waals surface area contributed by atoms with Gasteiger partial charge in [-0.1, -0.05) is 34.3 Å². The van der Waals surface area contributed by atoms with Crippen LogP contribution in [0.2, 0.25) is 0 Å². The molecule has 2 rings (SSSR count). The summed E-state index contributed by atoms with van der Waals surface area (Å²) >= 11 is 0. The Morgan fingerprint density at radius 2 is 1.91 bits per heavy atom. The Balaban J connectivity index is 0.00000102. The molecule has 1 aliphatic rings. The minimum absolute atomic E-state index is 0.799. The summed E-state index contributed by atoms with van der Waals surface area (Å²) in [6.07, 6.45) is 10.7. The SMILES string of the molecule is C=C/C(=C\C=C(/C)N)N1CCc2ccncc2C1.CC.CC. The van der Waals surface area contributed by atoms with Crippen molar-refractivity contribution in [1.82, 2.24) is 9.88 Å². The van der Waals surface area contributed by atoms with Crippen LogP contribution < -0.4 is 5.73 Å². The largest absolute Gasteiger partial charge is 0.402 e. The van der Waals surface area contributed by atoms with Crippen LogP contribution in [0.5, 0.6) is 0 Å². The van der Waals surface area contributed by atoms with Crippen molar-refractivity contribution in [3.05, 3.63) is 65.8 Å². The average molecular weight is 301 g/mol. The first-order valence-electron chi connectivity index (χ1n) is 8.14. The van der Waals surface area contributed by atoms with Crippen LogP contribution in [0.3, 0.4) is 0 Å². The molecule has 0 aromatic carbocycles. The van der Waals surface area contributed by atoms with E-state index in [9.17, 15) is 0 Å². The lowest BCUT2D eigenvalue weighted by molar-refractivity contribution is 0.331. The molecule has 0 saturated heterocycles. The lowest BCUT2D eigenvalue weighted by atomic mass is 10.0. The topological polar surface area (TPSA) is 42.1 Å². The van der Waals surface area contributed by atoms with Crippen molar-refractivity contribution in [3.63, 3.8) is 0 Å². The average Bonchev–Trinajstić information content (AvgIpc) is 2.58. The van der Waals surface area contributed by atoms with E-state index in [4.69, 9.17) is 5.73 Å². The van der Waals surface area contributed by atoms with Gasteiger partial charge in [-0.05, 0) is 48.8 Å². The van der Waals surface area contributed by atoms with Crippen molar-refractivity contribution < 1.29 is 0 Å². The van der Waals surface area contributed by atoms with Crippen molar-refractivity contribution in [2.75, 3.05) is 6.54 Å². The van der Waals surface area contributed by atoms with Crippen LogP contribution in [0, 0.1) is 0 Å². The predicted octanol–water partition coefficient (Wildman–Crippen LogP) is 4.42. The van der Waals surface area contributed by atoms with E-state index in [0.29, 0.717) is 0 Å². The number of nitrogens with two attached hydrogens (primary N) is 1. The Bertz CT molecular complexity index is 497. The van der Waals surface area contributed by atoms with Crippen molar-refractivity contribution in [2.45, 2.75) is 47.6 Å². The van der Waals surface area contributed by atoms with Gasteiger partial charge in [0.2, 0.25) is 0 Å². The molecule has 0 bridgehead atoms. The molecule has 0 atom stereocenters. The molecule has 0 saturated carbocycles. The van der Waals surface area contributed by atoms with E-state index in [1.54, 1.807) is 0 Å². The smallest absolute Gasteiger partial charge is 0.0447 e. The lowest BCUT2D eigenvalue weighted by Crippen LogP contribution is -2.29. The zero-order valence-electron chi connectivity index (χ0n) is 14.8. The fourth-order valence-electron chi connectivity index (χ4n) is 2.12. The lowest BCUT2D eigenvalue weighted by Gasteiger charge is -2.31. The van der Waals surface area contributed by atoms with E-state index in [1.807, 2.05) is 65.2 Å². The maximum atomic E-state index is 5.66. The van der Waals surface area contributed by atoms with Gasteiger partial charge in [-0.3, -0.25) is 4.98 Å². The number of hydrogen-bond acceptors (Lipinski definition) is 3. The first-order valence-corrected chi connectivity index (χ1v) is 8.14. The summed E-state index contributed by atoms with van der Waals surface area (Å²) in [5.74, 6) is 0. The third-order valence-electron chi connectivity index (χ3n) is 3.11. The number of nitrogens with zero attached hydrogens (tertiary/aromatic N) is 2. The summed E-state index contributed by atoms with van der Waals surface area (Å²) in [6.45, 7) is 15.6. The Kier molecular flexibility index (Phi) is 10.5. The van der Waals surface area contributed by atoms with Gasteiger partial charge < -0.3 is 10.6 Å². The normalized spacial score (nSPS) is 14.0. The third-order valence-corrected chi connectivity index (χ3v) is 3.11. The number of fused-ring (bicyclic) bond motifs is 1. The first kappa shape index (κ1) is 20.0. The second-order valence-electron chi connectivity index (χ2n) is 4.52. The fraction of sp³-hybridized carbons (Fsp3) is 0.421. The number of rotatable bonds is 3. The number of hydrogen-bond donors (Lipinski definition) is 1. The van der Waals surface area contributed by atoms with E-state index >= 15 is 0 Å². The molecular weight excluding hydrogens is 270 g/mol. The van der Waals surface area contributed by atoms with Crippen LogP contribution in [0.25, 0.3) is 0 Å². The molecule has 0 fully saturated rings. The van der Waals surface area contributed by atoms with E-state index in [1.165, 1.54) is 11.1 Å². The second kappa shape index (κ2) is 11.6. The first-order chi connectivity index (χ1) is 10.7. The highest BCUT2D eigenvalue weighted by atomic mass is 15.1. The molecule has 122 valence electrons. The highest BCUT2D eigenvalue weighted by Gasteiger charge is 2.16. The molecular formula is C19H31N3. The summed E-state index contributed by atoms with van der Waals surface area (Å²) < 4.78 is 0. The highest BCUT2D eigenvalue weighted by Crippen LogP contribution is 2.21. The Morgan fingerprint density at radius 3 is 2.50 bits per heavy atom. The Hall–Kier alpha value is -2.03. The van der Waals surface area contributed by atoms with E-state index < -0.39 is 0 Å². The zero-order chi connectivity index (χ0) is 17.0. The molecule has 0 spiro atoms. The van der Waals surface area contributed by atoms with Gasteiger partial charge in [-0.15, -0.1) is 0 Å². The van der Waals surface area contributed by atoms with Crippen molar-refractivity contribution in [3.8, 4) is 0 Å². The minimum Gasteiger partial charge on any atom is -0.402 e. The molecule has 0 radical (unpaired) electrons. The number of pyridine rings is 1. The van der Waals surface area contributed by atoms with Crippen molar-refractivity contribution in [1.29, 1.82) is 0 Å². The van der Waals surface area contributed by atoms with Gasteiger partial charge in [-0.25, -0.2) is 0 Å². The maximum absolute atomic E-state index is 5.66. The molecule has 22 heavy (non-hydrogen) atoms. The molecule has 3 heteroatoms. The van der Waals surface area contributed by atoms with Crippen molar-refractivity contribution in [2.24, 2.45) is 5.73 Å². The minimum atomic E-state index is 0.799. The fourth-order valence-corrected chi connectivity index (χ4v) is 2.12. The summed E-state index contributed by atoms with van der Waals surface area (Å²) in [6, 6.07) is 2.11. The van der Waals surface area contributed by atoms with Crippen LogP contribution in [-0.4, -0.2) is 16.4 Å². The van der Waals surface area contributed by atoms with E-state index in [-0.39, 0.29) is 0 Å². The molecule has 1 aromatic rings. The van der Waals surface area contributed by atoms with Gasteiger partial charge in [0.05, 0.1) is 0 Å². The number of allylic oxidation sites excluding steroid dienone is 4. The molecule has 0 unspecified atom stereocenters. The molecule has 2 N–H and O–H groups in total. The number of aromatic nitrogens is 1. The van der Waals surface area contributed by atoms with Gasteiger partial charge in [0.1, 0.15) is 0 Å². The van der Waals surface area contributed by atoms with Gasteiger partial charge in [-0.2, -0.15) is 0 Å². The van der Waals surface area contributed by atoms with E-state index in [2.05, 4.69) is 22.5 Å². The second-order valence-corrected chi connectivity index (χ2v) is 4.52. The molecule has 2 heterocycles. The van der Waals surface area contributed by atoms with E-state index in [0.717, 1.165) is 30.9 Å².